The molecular formula is C13H29ClN2O. The number of nitrogens with one attached hydrogen (secondary N) is 1. The van der Waals surface area contributed by atoms with Crippen molar-refractivity contribution < 1.29 is 4.74 Å². The van der Waals surface area contributed by atoms with E-state index in [9.17, 15) is 0 Å². The third kappa shape index (κ3) is 9.83. The Morgan fingerprint density at radius 1 is 1.12 bits per heavy atom. The van der Waals surface area contributed by atoms with Gasteiger partial charge in [-0.05, 0) is 37.9 Å². The van der Waals surface area contributed by atoms with E-state index in [1.165, 1.54) is 19.4 Å². The fourth-order valence-corrected chi connectivity index (χ4v) is 1.87. The molecule has 3 nitrogen and oxygen atoms in total. The number of hydrogen-bond acceptors (Lipinski definition) is 3. The highest BCUT2D eigenvalue weighted by molar-refractivity contribution is 5.85. The number of ether oxygens (including phenoxy) is 1. The Morgan fingerprint density at radius 2 is 1.76 bits per heavy atom. The number of hydrogen-bond donors (Lipinski definition) is 1. The summed E-state index contributed by atoms with van der Waals surface area (Å²) in [6.45, 7) is 14.4. The van der Waals surface area contributed by atoms with Gasteiger partial charge in [-0.25, -0.2) is 0 Å². The maximum atomic E-state index is 5.33. The molecule has 4 heteroatoms. The Hall–Kier alpha value is 0.170. The van der Waals surface area contributed by atoms with E-state index in [2.05, 4.69) is 31.0 Å². The molecule has 0 atom stereocenters. The molecule has 0 aliphatic carbocycles. The van der Waals surface area contributed by atoms with Crippen LogP contribution < -0.4 is 5.32 Å². The summed E-state index contributed by atoms with van der Waals surface area (Å²) in [5.41, 5.74) is 0.407. The second-order valence-electron chi connectivity index (χ2n) is 5.90. The Morgan fingerprint density at radius 3 is 2.35 bits per heavy atom. The molecule has 0 unspecified atom stereocenters. The Labute approximate surface area is 113 Å². The van der Waals surface area contributed by atoms with Crippen molar-refractivity contribution in [3.05, 3.63) is 0 Å². The molecule has 1 aliphatic rings. The summed E-state index contributed by atoms with van der Waals surface area (Å²) in [5, 5.41) is 3.52. The predicted molar refractivity (Wildman–Crippen MR) is 76.1 cm³/mol. The maximum Gasteiger partial charge on any atom is 0.0594 e. The summed E-state index contributed by atoms with van der Waals surface area (Å²) in [4.78, 5) is 2.51. The van der Waals surface area contributed by atoms with Gasteiger partial charge in [0.2, 0.25) is 0 Å². The minimum atomic E-state index is 0. The summed E-state index contributed by atoms with van der Waals surface area (Å²) in [6, 6.07) is 0. The van der Waals surface area contributed by atoms with Crippen molar-refractivity contribution >= 4 is 12.4 Å². The van der Waals surface area contributed by atoms with Crippen LogP contribution in [-0.4, -0.2) is 50.8 Å². The van der Waals surface area contributed by atoms with E-state index in [-0.39, 0.29) is 12.4 Å². The van der Waals surface area contributed by atoms with Gasteiger partial charge in [-0.2, -0.15) is 0 Å². The zero-order chi connectivity index (χ0) is 11.9. The van der Waals surface area contributed by atoms with E-state index < -0.39 is 0 Å². The number of nitrogens with zero attached hydrogens (tertiary/aromatic N) is 1. The van der Waals surface area contributed by atoms with Gasteiger partial charge in [-0.3, -0.25) is 4.90 Å². The van der Waals surface area contributed by atoms with Crippen molar-refractivity contribution in [1.29, 1.82) is 0 Å². The Balaban J connectivity index is 0.00000256. The zero-order valence-corrected chi connectivity index (χ0v) is 12.4. The van der Waals surface area contributed by atoms with Crippen LogP contribution in [0.1, 0.15) is 33.6 Å². The fraction of sp³-hybridized carbons (Fsp3) is 1.00. The van der Waals surface area contributed by atoms with E-state index in [0.717, 1.165) is 39.4 Å². The van der Waals surface area contributed by atoms with Crippen molar-refractivity contribution in [1.82, 2.24) is 10.2 Å². The van der Waals surface area contributed by atoms with Crippen LogP contribution in [0.2, 0.25) is 0 Å². The number of rotatable bonds is 6. The van der Waals surface area contributed by atoms with Crippen molar-refractivity contribution in [2.75, 3.05) is 45.9 Å². The first-order chi connectivity index (χ1) is 7.58. The van der Waals surface area contributed by atoms with Gasteiger partial charge >= 0.3 is 0 Å². The smallest absolute Gasteiger partial charge is 0.0594 e. The Kier molecular flexibility index (Phi) is 9.24. The number of halogens is 1. The van der Waals surface area contributed by atoms with Gasteiger partial charge in [-0.15, -0.1) is 12.4 Å². The molecule has 1 aliphatic heterocycles. The van der Waals surface area contributed by atoms with Crippen LogP contribution in [0.5, 0.6) is 0 Å². The maximum absolute atomic E-state index is 5.33. The summed E-state index contributed by atoms with van der Waals surface area (Å²) in [6.07, 6.45) is 2.59. The van der Waals surface area contributed by atoms with E-state index in [0.29, 0.717) is 5.41 Å². The second-order valence-corrected chi connectivity index (χ2v) is 5.90. The number of unbranched alkanes of at least 4 members (excludes halogenated alkanes) is 1. The van der Waals surface area contributed by atoms with E-state index in [4.69, 9.17) is 4.74 Å². The van der Waals surface area contributed by atoms with Gasteiger partial charge in [0.05, 0.1) is 13.2 Å². The van der Waals surface area contributed by atoms with Gasteiger partial charge in [-0.1, -0.05) is 20.8 Å². The molecule has 0 amide bonds. The third-order valence-electron chi connectivity index (χ3n) is 2.84. The summed E-state index contributed by atoms with van der Waals surface area (Å²) >= 11 is 0. The monoisotopic (exact) mass is 264 g/mol. The normalized spacial score (nSPS) is 17.8. The van der Waals surface area contributed by atoms with Gasteiger partial charge in [0.1, 0.15) is 0 Å². The van der Waals surface area contributed by atoms with Crippen LogP contribution in [0, 0.1) is 5.41 Å². The molecule has 0 aromatic rings. The molecule has 1 heterocycles. The predicted octanol–water partition coefficient (Wildman–Crippen LogP) is 2.16. The summed E-state index contributed by atoms with van der Waals surface area (Å²) < 4.78 is 5.33. The molecule has 1 rings (SSSR count). The lowest BCUT2D eigenvalue weighted by atomic mass is 9.97. The first-order valence-electron chi connectivity index (χ1n) is 6.59. The van der Waals surface area contributed by atoms with Crippen LogP contribution in [-0.2, 0) is 4.74 Å². The van der Waals surface area contributed by atoms with Crippen LogP contribution in [0.25, 0.3) is 0 Å². The van der Waals surface area contributed by atoms with Gasteiger partial charge in [0.25, 0.3) is 0 Å². The highest BCUT2D eigenvalue weighted by Gasteiger charge is 2.10. The minimum absolute atomic E-state index is 0. The molecule has 0 radical (unpaired) electrons. The lowest BCUT2D eigenvalue weighted by Gasteiger charge is -2.26. The zero-order valence-electron chi connectivity index (χ0n) is 11.6. The van der Waals surface area contributed by atoms with Crippen LogP contribution in [0.15, 0.2) is 0 Å². The van der Waals surface area contributed by atoms with Crippen molar-refractivity contribution in [2.45, 2.75) is 33.6 Å². The first-order valence-corrected chi connectivity index (χ1v) is 6.59. The molecule has 1 saturated heterocycles. The van der Waals surface area contributed by atoms with Crippen molar-refractivity contribution in [3.8, 4) is 0 Å². The lowest BCUT2D eigenvalue weighted by Crippen LogP contribution is -2.37. The SMILES string of the molecule is CC(C)(C)CNCCCCN1CCOCC1.Cl. The molecule has 104 valence electrons. The highest BCUT2D eigenvalue weighted by atomic mass is 35.5. The molecule has 0 bridgehead atoms. The fourth-order valence-electron chi connectivity index (χ4n) is 1.87. The summed E-state index contributed by atoms with van der Waals surface area (Å²) in [7, 11) is 0. The topological polar surface area (TPSA) is 24.5 Å². The largest absolute Gasteiger partial charge is 0.379 e. The average Bonchev–Trinajstić information content (AvgIpc) is 2.23. The minimum Gasteiger partial charge on any atom is -0.379 e. The molecule has 1 fully saturated rings. The van der Waals surface area contributed by atoms with Crippen molar-refractivity contribution in [3.63, 3.8) is 0 Å². The van der Waals surface area contributed by atoms with Crippen LogP contribution in [0.4, 0.5) is 0 Å². The molecule has 0 aromatic carbocycles. The first kappa shape index (κ1) is 17.2. The van der Waals surface area contributed by atoms with Gasteiger partial charge in [0.15, 0.2) is 0 Å². The molecular weight excluding hydrogens is 236 g/mol. The molecule has 1 N–H and O–H groups in total. The molecule has 0 spiro atoms. The third-order valence-corrected chi connectivity index (χ3v) is 2.84. The summed E-state index contributed by atoms with van der Waals surface area (Å²) in [5.74, 6) is 0. The van der Waals surface area contributed by atoms with Gasteiger partial charge in [0, 0.05) is 13.1 Å². The highest BCUT2D eigenvalue weighted by Crippen LogP contribution is 2.10. The second kappa shape index (κ2) is 9.15. The average molecular weight is 265 g/mol. The van der Waals surface area contributed by atoms with Crippen LogP contribution in [0.3, 0.4) is 0 Å². The van der Waals surface area contributed by atoms with Gasteiger partial charge < -0.3 is 10.1 Å². The Bertz CT molecular complexity index is 177. The quantitative estimate of drug-likeness (QED) is 0.744. The van der Waals surface area contributed by atoms with Crippen LogP contribution >= 0.6 is 12.4 Å². The standard InChI is InChI=1S/C13H28N2O.ClH/c1-13(2,3)12-14-6-4-5-7-15-8-10-16-11-9-15;/h14H,4-12H2,1-3H3;1H. The van der Waals surface area contributed by atoms with Crippen molar-refractivity contribution in [2.24, 2.45) is 5.41 Å². The molecule has 0 saturated carbocycles. The molecule has 0 aromatic heterocycles. The molecule has 17 heavy (non-hydrogen) atoms. The van der Waals surface area contributed by atoms with E-state index >= 15 is 0 Å². The number of morpholine rings is 1. The lowest BCUT2D eigenvalue weighted by molar-refractivity contribution is 0.0372. The van der Waals surface area contributed by atoms with E-state index in [1.807, 2.05) is 0 Å². The van der Waals surface area contributed by atoms with E-state index in [1.54, 1.807) is 0 Å².